The predicted octanol–water partition coefficient (Wildman–Crippen LogP) is 13.1. The van der Waals surface area contributed by atoms with Gasteiger partial charge in [-0.2, -0.15) is 13.7 Å². The highest BCUT2D eigenvalue weighted by molar-refractivity contribution is 7.85. The van der Waals surface area contributed by atoms with E-state index in [0.717, 1.165) is 46.2 Å². The van der Waals surface area contributed by atoms with Crippen LogP contribution in [0.25, 0.3) is 0 Å². The van der Waals surface area contributed by atoms with E-state index < -0.39 is 10.1 Å². The lowest BCUT2D eigenvalue weighted by molar-refractivity contribution is 0.103. The lowest BCUT2D eigenvalue weighted by Gasteiger charge is -2.16. The second-order valence-electron chi connectivity index (χ2n) is 17.0. The van der Waals surface area contributed by atoms with Crippen molar-refractivity contribution >= 4 is 21.7 Å². The van der Waals surface area contributed by atoms with Crippen LogP contribution in [0.2, 0.25) is 0 Å². The summed E-state index contributed by atoms with van der Waals surface area (Å²) in [6.07, 6.45) is 15.0. The van der Waals surface area contributed by atoms with Crippen molar-refractivity contribution in [1.29, 1.82) is 5.26 Å². The zero-order valence-electron chi connectivity index (χ0n) is 37.0. The van der Waals surface area contributed by atoms with Crippen molar-refractivity contribution in [2.24, 2.45) is 0 Å². The van der Waals surface area contributed by atoms with Crippen molar-refractivity contribution in [3.63, 3.8) is 0 Å². The van der Waals surface area contributed by atoms with Crippen LogP contribution in [0.5, 0.6) is 0 Å². The number of aryl methyl sites for hydroxylation is 3. The van der Waals surface area contributed by atoms with Crippen LogP contribution in [0, 0.1) is 25.2 Å². The lowest BCUT2D eigenvalue weighted by atomic mass is 9.87. The second kappa shape index (κ2) is 22.4. The number of nitrogens with zero attached hydrogens (tertiary/aromatic N) is 1. The van der Waals surface area contributed by atoms with Crippen molar-refractivity contribution in [2.45, 2.75) is 116 Å². The first-order valence-electron chi connectivity index (χ1n) is 22.5. The van der Waals surface area contributed by atoms with Gasteiger partial charge in [-0.25, -0.2) is 0 Å². The molecule has 0 aliphatic rings. The van der Waals surface area contributed by atoms with E-state index in [9.17, 15) is 27.8 Å². The standard InChI is InChI=1S/C56H59NO5S/c1-4-5-6-7-8-9-10-11-12-14-19-42-23-27-47(28-24-42)56(59)53-37-44(26-30-50(53)38-48-22-17-18-41(3)54(48)39-57)34-49-29-25-43(36-52(49)55(58)46-20-15-13-16-21-46)33-45-31-40(2)32-51(35-45)63(60,61)62/h13,15-18,20-32,35-37H,4-12,14,19,33-34,38H2,1-3H3,(H,60,61,62). The first-order chi connectivity index (χ1) is 30.4. The van der Waals surface area contributed by atoms with Gasteiger partial charge in [0.2, 0.25) is 0 Å². The predicted molar refractivity (Wildman–Crippen MR) is 253 cm³/mol. The largest absolute Gasteiger partial charge is 0.294 e. The molecule has 0 unspecified atom stereocenters. The summed E-state index contributed by atoms with van der Waals surface area (Å²) in [6.45, 7) is 5.95. The van der Waals surface area contributed by atoms with Crippen LogP contribution in [0.3, 0.4) is 0 Å². The fourth-order valence-electron chi connectivity index (χ4n) is 8.51. The van der Waals surface area contributed by atoms with E-state index >= 15 is 0 Å². The molecule has 0 aliphatic carbocycles. The van der Waals surface area contributed by atoms with E-state index in [1.54, 1.807) is 19.1 Å². The highest BCUT2D eigenvalue weighted by atomic mass is 32.2. The van der Waals surface area contributed by atoms with Crippen molar-refractivity contribution < 1.29 is 22.6 Å². The summed E-state index contributed by atoms with van der Waals surface area (Å²) in [6, 6.07) is 41.6. The molecule has 6 rings (SSSR count). The Morgan fingerprint density at radius 2 is 1.10 bits per heavy atom. The molecular formula is C56H59NO5S. The molecule has 1 N–H and O–H groups in total. The Morgan fingerprint density at radius 1 is 0.540 bits per heavy atom. The van der Waals surface area contributed by atoms with Crippen molar-refractivity contribution in [1.82, 2.24) is 0 Å². The van der Waals surface area contributed by atoms with E-state index in [4.69, 9.17) is 0 Å². The Morgan fingerprint density at radius 3 is 1.70 bits per heavy atom. The van der Waals surface area contributed by atoms with Crippen LogP contribution in [-0.4, -0.2) is 24.5 Å². The number of hydrogen-bond donors (Lipinski definition) is 1. The van der Waals surface area contributed by atoms with Gasteiger partial charge in [0.1, 0.15) is 0 Å². The number of benzene rings is 6. The smallest absolute Gasteiger partial charge is 0.289 e. The van der Waals surface area contributed by atoms with E-state index in [1.807, 2.05) is 97.9 Å². The molecule has 0 spiro atoms. The molecule has 7 heteroatoms. The molecule has 0 atom stereocenters. The molecule has 63 heavy (non-hydrogen) atoms. The van der Waals surface area contributed by atoms with Crippen LogP contribution in [0.1, 0.15) is 159 Å². The van der Waals surface area contributed by atoms with Crippen LogP contribution in [-0.2, 0) is 35.8 Å². The van der Waals surface area contributed by atoms with Gasteiger partial charge < -0.3 is 0 Å². The maximum absolute atomic E-state index is 14.6. The molecule has 0 fully saturated rings. The SMILES string of the molecule is CCCCCCCCCCCCc1ccc(C(=O)c2cc(Cc3ccc(Cc4cc(C)cc(S(=O)(=O)O)c4)cc3C(=O)c3ccccc3)ccc2Cc2cccc(C)c2C#N)cc1. The molecule has 0 radical (unpaired) electrons. The molecule has 324 valence electrons. The Labute approximate surface area is 374 Å². The van der Waals surface area contributed by atoms with Crippen LogP contribution in [0.4, 0.5) is 0 Å². The maximum atomic E-state index is 14.6. The van der Waals surface area contributed by atoms with Crippen molar-refractivity contribution in [3.8, 4) is 6.07 Å². The van der Waals surface area contributed by atoms with Gasteiger partial charge in [0, 0.05) is 22.3 Å². The van der Waals surface area contributed by atoms with Crippen molar-refractivity contribution in [3.05, 3.63) is 205 Å². The highest BCUT2D eigenvalue weighted by Gasteiger charge is 2.20. The number of carbonyl (C=O) groups is 2. The minimum Gasteiger partial charge on any atom is -0.289 e. The second-order valence-corrected chi connectivity index (χ2v) is 18.4. The summed E-state index contributed by atoms with van der Waals surface area (Å²) in [5, 5.41) is 10.1. The Hall–Kier alpha value is -5.94. The van der Waals surface area contributed by atoms with Crippen LogP contribution < -0.4 is 0 Å². The number of rotatable bonds is 22. The Bertz CT molecular complexity index is 2680. The van der Waals surface area contributed by atoms with Gasteiger partial charge in [0.15, 0.2) is 11.6 Å². The Kier molecular flexibility index (Phi) is 16.6. The number of nitriles is 1. The first-order valence-corrected chi connectivity index (χ1v) is 23.9. The van der Waals surface area contributed by atoms with Gasteiger partial charge in [0.05, 0.1) is 16.5 Å². The molecule has 0 aromatic heterocycles. The summed E-state index contributed by atoms with van der Waals surface area (Å²) in [7, 11) is -4.40. The van der Waals surface area contributed by atoms with Gasteiger partial charge in [-0.05, 0) is 120 Å². The summed E-state index contributed by atoms with van der Waals surface area (Å²) in [5.74, 6) is -0.244. The maximum Gasteiger partial charge on any atom is 0.294 e. The average Bonchev–Trinajstić information content (AvgIpc) is 3.27. The molecule has 6 aromatic carbocycles. The summed E-state index contributed by atoms with van der Waals surface area (Å²) in [5.41, 5.74) is 10.4. The van der Waals surface area contributed by atoms with Gasteiger partial charge in [-0.15, -0.1) is 0 Å². The van der Waals surface area contributed by atoms with Gasteiger partial charge in [0.25, 0.3) is 10.1 Å². The van der Waals surface area contributed by atoms with E-state index in [0.29, 0.717) is 58.2 Å². The zero-order valence-corrected chi connectivity index (χ0v) is 37.8. The van der Waals surface area contributed by atoms with E-state index in [1.165, 1.54) is 75.5 Å². The third kappa shape index (κ3) is 13.0. The molecule has 0 heterocycles. The molecule has 6 nitrogen and oxygen atoms in total. The van der Waals surface area contributed by atoms with E-state index in [-0.39, 0.29) is 16.5 Å². The molecular weight excluding hydrogens is 799 g/mol. The van der Waals surface area contributed by atoms with Gasteiger partial charge in [-0.3, -0.25) is 14.1 Å². The zero-order chi connectivity index (χ0) is 44.8. The lowest BCUT2D eigenvalue weighted by Crippen LogP contribution is -2.10. The molecule has 6 aromatic rings. The molecule has 0 bridgehead atoms. The summed E-state index contributed by atoms with van der Waals surface area (Å²) in [4.78, 5) is 28.6. The normalized spacial score (nSPS) is 11.3. The monoisotopic (exact) mass is 857 g/mol. The fraction of sp³-hybridized carbons (Fsp3) is 0.304. The third-order valence-corrected chi connectivity index (χ3v) is 12.8. The molecule has 0 aliphatic heterocycles. The number of carbonyl (C=O) groups excluding carboxylic acids is 2. The summed E-state index contributed by atoms with van der Waals surface area (Å²) < 4.78 is 33.7. The topological polar surface area (TPSA) is 112 Å². The fourth-order valence-corrected chi connectivity index (χ4v) is 9.15. The Balaban J connectivity index is 1.27. The van der Waals surface area contributed by atoms with E-state index in [2.05, 4.69) is 25.1 Å². The van der Waals surface area contributed by atoms with Crippen LogP contribution >= 0.6 is 0 Å². The van der Waals surface area contributed by atoms with Crippen molar-refractivity contribution in [2.75, 3.05) is 0 Å². The van der Waals surface area contributed by atoms with Crippen LogP contribution in [0.15, 0.2) is 132 Å². The minimum atomic E-state index is -4.40. The first kappa shape index (κ1) is 46.6. The third-order valence-electron chi connectivity index (χ3n) is 12.0. The summed E-state index contributed by atoms with van der Waals surface area (Å²) >= 11 is 0. The molecule has 0 saturated carbocycles. The minimum absolute atomic E-state index is 0.0955. The highest BCUT2D eigenvalue weighted by Crippen LogP contribution is 2.28. The van der Waals surface area contributed by atoms with Gasteiger partial charge >= 0.3 is 0 Å². The quantitative estimate of drug-likeness (QED) is 0.0413. The molecule has 0 saturated heterocycles. The number of unbranched alkanes of at least 4 members (excludes halogenated alkanes) is 9. The average molecular weight is 858 g/mol. The van der Waals surface area contributed by atoms with Gasteiger partial charge in [-0.1, -0.05) is 168 Å². The number of ketones is 2. The number of hydrogen-bond acceptors (Lipinski definition) is 5. The molecule has 0 amide bonds.